The van der Waals surface area contributed by atoms with Gasteiger partial charge in [0.15, 0.2) is 0 Å². The smallest absolute Gasteiger partial charge is 0.0576 e. The van der Waals surface area contributed by atoms with Gasteiger partial charge in [0, 0.05) is 17.7 Å². The molecular formula is C18H28ClNO. The summed E-state index contributed by atoms with van der Waals surface area (Å²) in [5, 5.41) is 4.51. The van der Waals surface area contributed by atoms with Crippen molar-refractivity contribution in [3.63, 3.8) is 0 Å². The number of aryl methyl sites for hydroxylation is 1. The first-order valence-corrected chi connectivity index (χ1v) is 8.69. The maximum atomic E-state index is 6.18. The van der Waals surface area contributed by atoms with Gasteiger partial charge in [-0.2, -0.15) is 0 Å². The van der Waals surface area contributed by atoms with Crippen LogP contribution in [0.4, 0.5) is 0 Å². The Bertz CT molecular complexity index is 429. The monoisotopic (exact) mass is 309 g/mol. The Hall–Kier alpha value is -0.570. The van der Waals surface area contributed by atoms with E-state index in [0.29, 0.717) is 12.1 Å². The third-order valence-corrected chi connectivity index (χ3v) is 4.54. The molecule has 0 saturated carbocycles. The van der Waals surface area contributed by atoms with E-state index in [1.54, 1.807) is 0 Å². The Labute approximate surface area is 134 Å². The Morgan fingerprint density at radius 1 is 1.43 bits per heavy atom. The molecule has 3 heteroatoms. The predicted molar refractivity (Wildman–Crippen MR) is 90.0 cm³/mol. The number of nitrogens with one attached hydrogen (secondary N) is 1. The van der Waals surface area contributed by atoms with Gasteiger partial charge in [-0.3, -0.25) is 0 Å². The second-order valence-electron chi connectivity index (χ2n) is 6.07. The maximum Gasteiger partial charge on any atom is 0.0576 e. The topological polar surface area (TPSA) is 21.3 Å². The Balaban J connectivity index is 1.94. The fourth-order valence-corrected chi connectivity index (χ4v) is 3.28. The SMILES string of the molecule is CCCNC(CCCC1CCCO1)c1cc(Cl)ccc1C. The van der Waals surface area contributed by atoms with Crippen LogP contribution in [0.2, 0.25) is 5.02 Å². The van der Waals surface area contributed by atoms with Crippen LogP contribution in [0.25, 0.3) is 0 Å². The molecule has 2 rings (SSSR count). The summed E-state index contributed by atoms with van der Waals surface area (Å²) in [6, 6.07) is 6.63. The van der Waals surface area contributed by atoms with Crippen LogP contribution in [0.3, 0.4) is 0 Å². The van der Waals surface area contributed by atoms with Gasteiger partial charge in [0.2, 0.25) is 0 Å². The number of halogens is 1. The zero-order valence-electron chi connectivity index (χ0n) is 13.3. The molecule has 2 atom stereocenters. The van der Waals surface area contributed by atoms with Gasteiger partial charge in [0.05, 0.1) is 6.10 Å². The summed E-state index contributed by atoms with van der Waals surface area (Å²) in [4.78, 5) is 0. The molecule has 1 aliphatic rings. The predicted octanol–water partition coefficient (Wildman–Crippen LogP) is 5.04. The summed E-state index contributed by atoms with van der Waals surface area (Å²) in [5.74, 6) is 0. The first-order valence-electron chi connectivity index (χ1n) is 8.31. The lowest BCUT2D eigenvalue weighted by Gasteiger charge is -2.22. The summed E-state index contributed by atoms with van der Waals surface area (Å²) in [6.45, 7) is 6.39. The van der Waals surface area contributed by atoms with Gasteiger partial charge in [0.25, 0.3) is 0 Å². The number of benzene rings is 1. The minimum absolute atomic E-state index is 0.407. The number of hydrogen-bond acceptors (Lipinski definition) is 2. The molecule has 1 aromatic rings. The van der Waals surface area contributed by atoms with Crippen LogP contribution in [-0.4, -0.2) is 19.3 Å². The zero-order valence-corrected chi connectivity index (χ0v) is 14.1. The van der Waals surface area contributed by atoms with Crippen molar-refractivity contribution >= 4 is 11.6 Å². The number of hydrogen-bond donors (Lipinski definition) is 1. The number of rotatable bonds is 8. The molecule has 1 aromatic carbocycles. The van der Waals surface area contributed by atoms with Crippen LogP contribution >= 0.6 is 11.6 Å². The summed E-state index contributed by atoms with van der Waals surface area (Å²) >= 11 is 6.18. The molecule has 1 saturated heterocycles. The molecule has 1 aliphatic heterocycles. The van der Waals surface area contributed by atoms with E-state index in [0.717, 1.165) is 31.0 Å². The van der Waals surface area contributed by atoms with Crippen molar-refractivity contribution in [3.8, 4) is 0 Å². The average Bonchev–Trinajstić information content (AvgIpc) is 2.99. The highest BCUT2D eigenvalue weighted by atomic mass is 35.5. The molecule has 1 fully saturated rings. The second kappa shape index (κ2) is 8.77. The lowest BCUT2D eigenvalue weighted by molar-refractivity contribution is 0.101. The van der Waals surface area contributed by atoms with Crippen molar-refractivity contribution in [2.45, 2.75) is 64.5 Å². The van der Waals surface area contributed by atoms with Crippen molar-refractivity contribution in [1.29, 1.82) is 0 Å². The lowest BCUT2D eigenvalue weighted by Crippen LogP contribution is -2.23. The van der Waals surface area contributed by atoms with Crippen LogP contribution in [0, 0.1) is 6.92 Å². The highest BCUT2D eigenvalue weighted by Crippen LogP contribution is 2.27. The van der Waals surface area contributed by atoms with E-state index in [-0.39, 0.29) is 0 Å². The van der Waals surface area contributed by atoms with Gasteiger partial charge < -0.3 is 10.1 Å². The average molecular weight is 310 g/mol. The molecular weight excluding hydrogens is 282 g/mol. The molecule has 0 aliphatic carbocycles. The molecule has 1 heterocycles. The molecule has 1 N–H and O–H groups in total. The van der Waals surface area contributed by atoms with E-state index >= 15 is 0 Å². The molecule has 0 aromatic heterocycles. The molecule has 0 amide bonds. The van der Waals surface area contributed by atoms with Crippen molar-refractivity contribution in [3.05, 3.63) is 34.3 Å². The minimum atomic E-state index is 0.407. The molecule has 118 valence electrons. The molecule has 0 radical (unpaired) electrons. The third-order valence-electron chi connectivity index (χ3n) is 4.30. The molecule has 21 heavy (non-hydrogen) atoms. The van der Waals surface area contributed by atoms with E-state index < -0.39 is 0 Å². The van der Waals surface area contributed by atoms with E-state index in [2.05, 4.69) is 31.3 Å². The first kappa shape index (κ1) is 16.8. The second-order valence-corrected chi connectivity index (χ2v) is 6.51. The maximum absolute atomic E-state index is 6.18. The first-order chi connectivity index (χ1) is 10.2. The summed E-state index contributed by atoms with van der Waals surface area (Å²) in [7, 11) is 0. The quantitative estimate of drug-likeness (QED) is 0.726. The third kappa shape index (κ3) is 5.28. The molecule has 0 bridgehead atoms. The van der Waals surface area contributed by atoms with Gasteiger partial charge in [-0.1, -0.05) is 24.6 Å². The van der Waals surface area contributed by atoms with Gasteiger partial charge in [0.1, 0.15) is 0 Å². The lowest BCUT2D eigenvalue weighted by atomic mass is 9.95. The highest BCUT2D eigenvalue weighted by molar-refractivity contribution is 6.30. The number of ether oxygens (including phenoxy) is 1. The summed E-state index contributed by atoms with van der Waals surface area (Å²) in [6.07, 6.45) is 7.67. The normalized spacial score (nSPS) is 19.9. The largest absolute Gasteiger partial charge is 0.378 e. The minimum Gasteiger partial charge on any atom is -0.378 e. The van der Waals surface area contributed by atoms with Crippen molar-refractivity contribution in [2.75, 3.05) is 13.2 Å². The molecule has 2 nitrogen and oxygen atoms in total. The Morgan fingerprint density at radius 2 is 2.29 bits per heavy atom. The molecule has 0 spiro atoms. The fraction of sp³-hybridized carbons (Fsp3) is 0.667. The Morgan fingerprint density at radius 3 is 3.00 bits per heavy atom. The highest BCUT2D eigenvalue weighted by Gasteiger charge is 2.18. The van der Waals surface area contributed by atoms with Crippen LogP contribution in [-0.2, 0) is 4.74 Å². The van der Waals surface area contributed by atoms with E-state index in [1.165, 1.54) is 36.8 Å². The summed E-state index contributed by atoms with van der Waals surface area (Å²) in [5.41, 5.74) is 2.67. The van der Waals surface area contributed by atoms with Crippen LogP contribution < -0.4 is 5.32 Å². The van der Waals surface area contributed by atoms with Crippen LogP contribution in [0.15, 0.2) is 18.2 Å². The standard InChI is InChI=1S/C18H28ClNO/c1-3-11-20-18(8-4-6-16-7-5-12-21-16)17-13-15(19)10-9-14(17)2/h9-10,13,16,18,20H,3-8,11-12H2,1-2H3. The van der Waals surface area contributed by atoms with Gasteiger partial charge in [-0.15, -0.1) is 0 Å². The van der Waals surface area contributed by atoms with E-state index in [9.17, 15) is 0 Å². The van der Waals surface area contributed by atoms with E-state index in [4.69, 9.17) is 16.3 Å². The van der Waals surface area contributed by atoms with Gasteiger partial charge in [-0.05, 0) is 75.3 Å². The zero-order chi connectivity index (χ0) is 15.1. The van der Waals surface area contributed by atoms with Crippen LogP contribution in [0.5, 0.6) is 0 Å². The van der Waals surface area contributed by atoms with E-state index in [1.807, 2.05) is 6.07 Å². The van der Waals surface area contributed by atoms with Crippen LogP contribution in [0.1, 0.15) is 62.6 Å². The summed E-state index contributed by atoms with van der Waals surface area (Å²) < 4.78 is 5.72. The molecule has 2 unspecified atom stereocenters. The van der Waals surface area contributed by atoms with Gasteiger partial charge >= 0.3 is 0 Å². The van der Waals surface area contributed by atoms with Crippen molar-refractivity contribution in [1.82, 2.24) is 5.32 Å². The van der Waals surface area contributed by atoms with Gasteiger partial charge in [-0.25, -0.2) is 0 Å². The fourth-order valence-electron chi connectivity index (χ4n) is 3.09. The van der Waals surface area contributed by atoms with Crippen molar-refractivity contribution < 1.29 is 4.74 Å². The van der Waals surface area contributed by atoms with Crippen molar-refractivity contribution in [2.24, 2.45) is 0 Å². The Kier molecular flexibility index (Phi) is 7.01.